The van der Waals surface area contributed by atoms with E-state index >= 15 is 0 Å². The quantitative estimate of drug-likeness (QED) is 0.341. The Kier molecular flexibility index (Phi) is 11.3. The number of morpholine rings is 1. The van der Waals surface area contributed by atoms with Crippen molar-refractivity contribution in [2.24, 2.45) is 4.99 Å². The zero-order chi connectivity index (χ0) is 18.8. The van der Waals surface area contributed by atoms with Gasteiger partial charge in [-0.05, 0) is 24.1 Å². The first kappa shape index (κ1) is 23.6. The largest absolute Gasteiger partial charge is 0.379 e. The molecule has 1 aromatic rings. The third-order valence-corrected chi connectivity index (χ3v) is 4.33. The van der Waals surface area contributed by atoms with Gasteiger partial charge in [0.05, 0.1) is 13.2 Å². The molecule has 1 aliphatic heterocycles. The Morgan fingerprint density at radius 3 is 2.59 bits per heavy atom. The average molecular weight is 489 g/mol. The van der Waals surface area contributed by atoms with Crippen LogP contribution in [0.3, 0.4) is 0 Å². The van der Waals surface area contributed by atoms with Gasteiger partial charge in [-0.2, -0.15) is 0 Å². The maximum Gasteiger partial charge on any atom is 0.253 e. The number of guanidine groups is 1. The Bertz CT molecular complexity index is 604. The summed E-state index contributed by atoms with van der Waals surface area (Å²) in [4.78, 5) is 20.3. The van der Waals surface area contributed by atoms with Crippen molar-refractivity contribution < 1.29 is 9.53 Å². The predicted molar refractivity (Wildman–Crippen MR) is 120 cm³/mol. The number of nitrogens with one attached hydrogen (secondary N) is 2. The standard InChI is InChI=1S/C19H31N5O2.HI/c1-20-19(22-9-10-24-11-13-26-14-12-24)21-8-7-16-5-4-6-17(15-16)18(25)23(2)3;/h4-6,15H,7-14H2,1-3H3,(H2,20,21,22);1H. The van der Waals surface area contributed by atoms with Crippen LogP contribution >= 0.6 is 24.0 Å². The van der Waals surface area contributed by atoms with Crippen LogP contribution in [0.5, 0.6) is 0 Å². The van der Waals surface area contributed by atoms with Crippen molar-refractivity contribution in [1.29, 1.82) is 0 Å². The van der Waals surface area contributed by atoms with E-state index in [4.69, 9.17) is 4.74 Å². The van der Waals surface area contributed by atoms with E-state index in [9.17, 15) is 4.79 Å². The number of hydrogen-bond acceptors (Lipinski definition) is 4. The van der Waals surface area contributed by atoms with Crippen LogP contribution in [0.15, 0.2) is 29.3 Å². The lowest BCUT2D eigenvalue weighted by atomic mass is 10.1. The maximum atomic E-state index is 12.0. The molecule has 0 aliphatic carbocycles. The number of aliphatic imine (C=N–C) groups is 1. The number of halogens is 1. The zero-order valence-electron chi connectivity index (χ0n) is 16.5. The molecular formula is C19H32IN5O2. The molecule has 1 amide bonds. The molecule has 1 saturated heterocycles. The van der Waals surface area contributed by atoms with Crippen LogP contribution < -0.4 is 10.6 Å². The fourth-order valence-electron chi connectivity index (χ4n) is 2.82. The number of rotatable bonds is 7. The SMILES string of the molecule is CN=C(NCCc1cccc(C(=O)N(C)C)c1)NCCN1CCOCC1.I. The number of ether oxygens (including phenoxy) is 1. The van der Waals surface area contributed by atoms with Gasteiger partial charge in [-0.3, -0.25) is 14.7 Å². The van der Waals surface area contributed by atoms with Gasteiger partial charge in [0.1, 0.15) is 0 Å². The molecule has 0 saturated carbocycles. The van der Waals surface area contributed by atoms with Gasteiger partial charge in [0, 0.05) is 59.4 Å². The number of benzene rings is 1. The summed E-state index contributed by atoms with van der Waals surface area (Å²) in [5, 5.41) is 6.67. The van der Waals surface area contributed by atoms with Crippen LogP contribution in [0.1, 0.15) is 15.9 Å². The topological polar surface area (TPSA) is 69.2 Å². The fraction of sp³-hybridized carbons (Fsp3) is 0.579. The summed E-state index contributed by atoms with van der Waals surface area (Å²) in [6.07, 6.45) is 0.832. The normalized spacial score (nSPS) is 15.0. The van der Waals surface area contributed by atoms with Crippen LogP contribution in [0.2, 0.25) is 0 Å². The molecule has 0 bridgehead atoms. The highest BCUT2D eigenvalue weighted by atomic mass is 127. The van der Waals surface area contributed by atoms with E-state index < -0.39 is 0 Å². The number of carbonyl (C=O) groups excluding carboxylic acids is 1. The summed E-state index contributed by atoms with van der Waals surface area (Å²) >= 11 is 0. The maximum absolute atomic E-state index is 12.0. The summed E-state index contributed by atoms with van der Waals surface area (Å²) in [5.74, 6) is 0.833. The zero-order valence-corrected chi connectivity index (χ0v) is 18.9. The van der Waals surface area contributed by atoms with Gasteiger partial charge in [0.25, 0.3) is 5.91 Å². The van der Waals surface area contributed by atoms with Crippen molar-refractivity contribution in [2.45, 2.75) is 6.42 Å². The first-order valence-corrected chi connectivity index (χ1v) is 9.15. The lowest BCUT2D eigenvalue weighted by molar-refractivity contribution is 0.0389. The Morgan fingerprint density at radius 2 is 1.93 bits per heavy atom. The first-order valence-electron chi connectivity index (χ1n) is 9.15. The summed E-state index contributed by atoms with van der Waals surface area (Å²) in [5.41, 5.74) is 1.86. The Labute approximate surface area is 179 Å². The van der Waals surface area contributed by atoms with Crippen molar-refractivity contribution in [3.63, 3.8) is 0 Å². The first-order chi connectivity index (χ1) is 12.6. The summed E-state index contributed by atoms with van der Waals surface area (Å²) < 4.78 is 5.36. The minimum Gasteiger partial charge on any atom is -0.379 e. The van der Waals surface area contributed by atoms with E-state index in [-0.39, 0.29) is 29.9 Å². The smallest absolute Gasteiger partial charge is 0.253 e. The molecule has 0 radical (unpaired) electrons. The number of amides is 1. The summed E-state index contributed by atoms with van der Waals surface area (Å²) in [6.45, 7) is 6.23. The van der Waals surface area contributed by atoms with Crippen molar-refractivity contribution in [3.8, 4) is 0 Å². The van der Waals surface area contributed by atoms with Crippen LogP contribution in [-0.4, -0.2) is 88.7 Å². The molecular weight excluding hydrogens is 457 g/mol. The molecule has 1 aliphatic rings. The van der Waals surface area contributed by atoms with E-state index in [0.29, 0.717) is 0 Å². The number of hydrogen-bond donors (Lipinski definition) is 2. The van der Waals surface area contributed by atoms with Gasteiger partial charge in [-0.1, -0.05) is 12.1 Å². The Balaban J connectivity index is 0.00000364. The molecule has 0 unspecified atom stereocenters. The van der Waals surface area contributed by atoms with E-state index in [1.165, 1.54) is 0 Å². The molecule has 2 N–H and O–H groups in total. The molecule has 1 heterocycles. The average Bonchev–Trinajstić information content (AvgIpc) is 2.67. The summed E-state index contributed by atoms with van der Waals surface area (Å²) in [7, 11) is 5.31. The Hall–Kier alpha value is -1.39. The van der Waals surface area contributed by atoms with Crippen molar-refractivity contribution >= 4 is 35.8 Å². The third-order valence-electron chi connectivity index (χ3n) is 4.33. The molecule has 8 heteroatoms. The lowest BCUT2D eigenvalue weighted by Gasteiger charge is -2.26. The molecule has 2 rings (SSSR count). The molecule has 0 atom stereocenters. The van der Waals surface area contributed by atoms with Crippen molar-refractivity contribution in [3.05, 3.63) is 35.4 Å². The number of nitrogens with zero attached hydrogens (tertiary/aromatic N) is 3. The van der Waals surface area contributed by atoms with Gasteiger partial charge in [-0.15, -0.1) is 24.0 Å². The second kappa shape index (κ2) is 12.9. The molecule has 1 aromatic carbocycles. The molecule has 0 spiro atoms. The molecule has 1 fully saturated rings. The molecule has 7 nitrogen and oxygen atoms in total. The lowest BCUT2D eigenvalue weighted by Crippen LogP contribution is -2.44. The fourth-order valence-corrected chi connectivity index (χ4v) is 2.82. The summed E-state index contributed by atoms with van der Waals surface area (Å²) in [6, 6.07) is 7.79. The van der Waals surface area contributed by atoms with Gasteiger partial charge in [0.15, 0.2) is 5.96 Å². The van der Waals surface area contributed by atoms with E-state index in [0.717, 1.165) is 69.4 Å². The monoisotopic (exact) mass is 489 g/mol. The van der Waals surface area contributed by atoms with Gasteiger partial charge in [-0.25, -0.2) is 0 Å². The van der Waals surface area contributed by atoms with Crippen LogP contribution in [-0.2, 0) is 11.2 Å². The number of carbonyl (C=O) groups is 1. The van der Waals surface area contributed by atoms with E-state index in [1.807, 2.05) is 24.3 Å². The van der Waals surface area contributed by atoms with E-state index in [1.54, 1.807) is 26.0 Å². The van der Waals surface area contributed by atoms with Crippen LogP contribution in [0.25, 0.3) is 0 Å². The highest BCUT2D eigenvalue weighted by Crippen LogP contribution is 2.07. The van der Waals surface area contributed by atoms with Crippen molar-refractivity contribution in [2.75, 3.05) is 67.1 Å². The molecule has 27 heavy (non-hydrogen) atoms. The second-order valence-electron chi connectivity index (χ2n) is 6.53. The second-order valence-corrected chi connectivity index (χ2v) is 6.53. The van der Waals surface area contributed by atoms with Gasteiger partial charge < -0.3 is 20.3 Å². The van der Waals surface area contributed by atoms with E-state index in [2.05, 4.69) is 20.5 Å². The van der Waals surface area contributed by atoms with Gasteiger partial charge >= 0.3 is 0 Å². The highest BCUT2D eigenvalue weighted by molar-refractivity contribution is 14.0. The van der Waals surface area contributed by atoms with Crippen LogP contribution in [0, 0.1) is 0 Å². The Morgan fingerprint density at radius 1 is 1.22 bits per heavy atom. The van der Waals surface area contributed by atoms with Crippen molar-refractivity contribution in [1.82, 2.24) is 20.4 Å². The van der Waals surface area contributed by atoms with Gasteiger partial charge in [0.2, 0.25) is 0 Å². The minimum absolute atomic E-state index is 0. The molecule has 0 aromatic heterocycles. The van der Waals surface area contributed by atoms with Crippen LogP contribution in [0.4, 0.5) is 0 Å². The minimum atomic E-state index is 0. The third kappa shape index (κ3) is 8.44. The predicted octanol–water partition coefficient (Wildman–Crippen LogP) is 1.05. The highest BCUT2D eigenvalue weighted by Gasteiger charge is 2.10. The molecule has 152 valence electrons.